The normalized spacial score (nSPS) is 12.2. The van der Waals surface area contributed by atoms with Crippen LogP contribution in [0.25, 0.3) is 11.1 Å². The quantitative estimate of drug-likeness (QED) is 0.111. The number of ether oxygens (including phenoxy) is 1. The Morgan fingerprint density at radius 3 is 2.55 bits per heavy atom. The number of benzene rings is 2. The fourth-order valence-corrected chi connectivity index (χ4v) is 4.39. The lowest BCUT2D eigenvalue weighted by molar-refractivity contribution is -0.119. The molecule has 1 atom stereocenters. The molecular weight excluding hydrogens is 528 g/mol. The van der Waals surface area contributed by atoms with Crippen LogP contribution in [0.3, 0.4) is 0 Å². The monoisotopic (exact) mass is 558 g/mol. The lowest BCUT2D eigenvalue weighted by Gasteiger charge is -2.22. The molecule has 3 aromatic rings. The molecule has 0 saturated heterocycles. The van der Waals surface area contributed by atoms with E-state index in [0.29, 0.717) is 38.7 Å². The predicted molar refractivity (Wildman–Crippen MR) is 162 cm³/mol. The number of nitrogens with one attached hydrogen (secondary N) is 2. The van der Waals surface area contributed by atoms with Gasteiger partial charge in [-0.1, -0.05) is 42.5 Å². The van der Waals surface area contributed by atoms with Gasteiger partial charge in [0, 0.05) is 51.8 Å². The lowest BCUT2D eigenvalue weighted by atomic mass is 9.97. The minimum Gasteiger partial charge on any atom is -0.495 e. The summed E-state index contributed by atoms with van der Waals surface area (Å²) in [6.45, 7) is 6.96. The van der Waals surface area contributed by atoms with Crippen molar-refractivity contribution >= 4 is 40.9 Å². The molecule has 9 heteroatoms. The van der Waals surface area contributed by atoms with Crippen molar-refractivity contribution in [3.63, 3.8) is 0 Å². The van der Waals surface area contributed by atoms with E-state index in [-0.39, 0.29) is 18.0 Å². The number of allylic oxidation sites excluding steroid dienone is 5. The topological polar surface area (TPSA) is 127 Å². The number of nitrogen functional groups attached to an aromatic ring is 1. The summed E-state index contributed by atoms with van der Waals surface area (Å²) < 4.78 is 6.93. The van der Waals surface area contributed by atoms with E-state index >= 15 is 0 Å². The Morgan fingerprint density at radius 2 is 1.95 bits per heavy atom. The van der Waals surface area contributed by atoms with E-state index in [1.54, 1.807) is 48.6 Å². The van der Waals surface area contributed by atoms with E-state index in [2.05, 4.69) is 11.9 Å². The first-order valence-electron chi connectivity index (χ1n) is 12.4. The molecule has 0 aliphatic heterocycles. The molecule has 1 amide bonds. The van der Waals surface area contributed by atoms with Crippen LogP contribution in [0.4, 0.5) is 11.4 Å². The third-order valence-corrected chi connectivity index (χ3v) is 6.54. The average Bonchev–Trinajstić information content (AvgIpc) is 2.93. The van der Waals surface area contributed by atoms with E-state index < -0.39 is 17.5 Å². The van der Waals surface area contributed by atoms with Crippen LogP contribution in [-0.2, 0) is 4.79 Å². The summed E-state index contributed by atoms with van der Waals surface area (Å²) >= 11 is 6.22. The number of aromatic nitrogens is 1. The number of carbonyl (C=O) groups excluding carboxylic acids is 2. The van der Waals surface area contributed by atoms with Gasteiger partial charge in [-0.05, 0) is 61.4 Å². The number of anilines is 2. The summed E-state index contributed by atoms with van der Waals surface area (Å²) in [4.78, 5) is 39.6. The predicted octanol–water partition coefficient (Wildman–Crippen LogP) is 6.22. The second-order valence-corrected chi connectivity index (χ2v) is 9.34. The molecule has 3 rings (SSSR count). The van der Waals surface area contributed by atoms with Gasteiger partial charge in [0.2, 0.25) is 5.91 Å². The fourth-order valence-electron chi connectivity index (χ4n) is 4.22. The maximum absolute atomic E-state index is 13.7. The van der Waals surface area contributed by atoms with Crippen molar-refractivity contribution in [1.82, 2.24) is 4.57 Å². The number of nitrogens with two attached hydrogens (primary N) is 1. The van der Waals surface area contributed by atoms with E-state index in [0.717, 1.165) is 11.8 Å². The zero-order valence-corrected chi connectivity index (χ0v) is 23.3. The molecule has 206 valence electrons. The van der Waals surface area contributed by atoms with Crippen molar-refractivity contribution in [2.24, 2.45) is 0 Å². The van der Waals surface area contributed by atoms with Crippen LogP contribution < -0.4 is 21.3 Å². The van der Waals surface area contributed by atoms with Gasteiger partial charge >= 0.3 is 0 Å². The van der Waals surface area contributed by atoms with Crippen molar-refractivity contribution in [2.45, 2.75) is 26.3 Å². The Hall–Kier alpha value is -4.69. The summed E-state index contributed by atoms with van der Waals surface area (Å²) in [5.41, 5.74) is 8.79. The minimum atomic E-state index is -0.980. The Kier molecular flexibility index (Phi) is 10.00. The van der Waals surface area contributed by atoms with Gasteiger partial charge in [0.1, 0.15) is 11.8 Å². The molecule has 0 aliphatic carbocycles. The van der Waals surface area contributed by atoms with Gasteiger partial charge in [-0.15, -0.1) is 0 Å². The van der Waals surface area contributed by atoms with Crippen molar-refractivity contribution in [1.29, 1.82) is 5.41 Å². The molecule has 0 saturated carbocycles. The lowest BCUT2D eigenvalue weighted by Crippen LogP contribution is -2.33. The number of hydrogen-bond acceptors (Lipinski definition) is 6. The van der Waals surface area contributed by atoms with Crippen LogP contribution >= 0.6 is 11.6 Å². The highest BCUT2D eigenvalue weighted by molar-refractivity contribution is 6.31. The Balaban J connectivity index is 2.16. The van der Waals surface area contributed by atoms with Crippen LogP contribution in [0, 0.1) is 5.41 Å². The highest BCUT2D eigenvalue weighted by Crippen LogP contribution is 2.34. The van der Waals surface area contributed by atoms with Gasteiger partial charge < -0.3 is 21.2 Å². The molecule has 40 heavy (non-hydrogen) atoms. The highest BCUT2D eigenvalue weighted by atomic mass is 35.5. The van der Waals surface area contributed by atoms with Crippen LogP contribution in [0.15, 0.2) is 89.9 Å². The number of rotatable bonds is 11. The standard InChI is InChI=1S/C31H31ClN4O4/c1-5-7-8-20(6-2)13-28(31(39)35-23-11-9-21(17-33)27(34)15-23)36-18-29(40-4)26(16-30(36)38)25-14-22(32)10-12-24(25)19(3)37/h5-12,14-18,28,33H,1,13,34H2,2-4H3,(H,35,39)/b8-7-,20-6+,33-17?. The smallest absolute Gasteiger partial charge is 0.252 e. The highest BCUT2D eigenvalue weighted by Gasteiger charge is 2.25. The summed E-state index contributed by atoms with van der Waals surface area (Å²) in [6, 6.07) is 9.97. The van der Waals surface area contributed by atoms with Gasteiger partial charge in [0.15, 0.2) is 5.78 Å². The van der Waals surface area contributed by atoms with Gasteiger partial charge in [0.25, 0.3) is 5.56 Å². The van der Waals surface area contributed by atoms with Gasteiger partial charge in [-0.25, -0.2) is 0 Å². The molecule has 1 heterocycles. The molecule has 1 aromatic heterocycles. The zero-order chi connectivity index (χ0) is 29.4. The number of amides is 1. The van der Waals surface area contributed by atoms with Gasteiger partial charge in [-0.3, -0.25) is 19.0 Å². The molecule has 0 spiro atoms. The second kappa shape index (κ2) is 13.4. The van der Waals surface area contributed by atoms with Crippen molar-refractivity contribution in [3.05, 3.63) is 112 Å². The van der Waals surface area contributed by atoms with E-state index in [9.17, 15) is 14.4 Å². The number of Topliss-reactive ketones (excluding diaryl/α,β-unsaturated/α-hetero) is 1. The minimum absolute atomic E-state index is 0.180. The molecule has 8 nitrogen and oxygen atoms in total. The molecular formula is C31H31ClN4O4. The molecule has 4 N–H and O–H groups in total. The molecule has 0 bridgehead atoms. The Bertz CT molecular complexity index is 1590. The molecule has 1 unspecified atom stereocenters. The summed E-state index contributed by atoms with van der Waals surface area (Å²) in [7, 11) is 1.44. The SMILES string of the molecule is C=C/C=C\C(=C/C)CC(C(=O)Nc1ccc(C=N)c(N)c1)n1cc(OC)c(-c2cc(Cl)ccc2C(C)=O)cc1=O. The first-order valence-corrected chi connectivity index (χ1v) is 12.8. The number of hydrogen-bond donors (Lipinski definition) is 3. The number of carbonyl (C=O) groups is 2. The van der Waals surface area contributed by atoms with Crippen LogP contribution in [0.5, 0.6) is 5.75 Å². The van der Waals surface area contributed by atoms with E-state index in [4.69, 9.17) is 27.5 Å². The maximum Gasteiger partial charge on any atom is 0.252 e. The first kappa shape index (κ1) is 29.9. The molecule has 0 fully saturated rings. The van der Waals surface area contributed by atoms with Gasteiger partial charge in [-0.2, -0.15) is 0 Å². The van der Waals surface area contributed by atoms with Crippen molar-refractivity contribution in [2.75, 3.05) is 18.2 Å². The van der Waals surface area contributed by atoms with Crippen molar-refractivity contribution < 1.29 is 14.3 Å². The molecule has 2 aromatic carbocycles. The number of nitrogens with zero attached hydrogens (tertiary/aromatic N) is 1. The summed E-state index contributed by atoms with van der Waals surface area (Å²) in [5, 5.41) is 10.7. The second-order valence-electron chi connectivity index (χ2n) is 8.90. The zero-order valence-electron chi connectivity index (χ0n) is 22.5. The maximum atomic E-state index is 13.7. The molecule has 0 aliphatic rings. The first-order chi connectivity index (χ1) is 19.1. The number of ketones is 1. The largest absolute Gasteiger partial charge is 0.495 e. The van der Waals surface area contributed by atoms with E-state index in [1.807, 2.05) is 19.1 Å². The fraction of sp³-hybridized carbons (Fsp3) is 0.161. The Labute approximate surface area is 237 Å². The van der Waals surface area contributed by atoms with Gasteiger partial charge in [0.05, 0.1) is 13.3 Å². The van der Waals surface area contributed by atoms with Crippen LogP contribution in [0.1, 0.15) is 42.2 Å². The van der Waals surface area contributed by atoms with E-state index in [1.165, 1.54) is 30.9 Å². The number of halogens is 1. The van der Waals surface area contributed by atoms with Crippen LogP contribution in [0.2, 0.25) is 5.02 Å². The third kappa shape index (κ3) is 6.84. The Morgan fingerprint density at radius 1 is 1.20 bits per heavy atom. The van der Waals surface area contributed by atoms with Crippen molar-refractivity contribution in [3.8, 4) is 16.9 Å². The molecule has 0 radical (unpaired) electrons. The summed E-state index contributed by atoms with van der Waals surface area (Å²) in [5.74, 6) is -0.377. The number of pyridine rings is 1. The third-order valence-electron chi connectivity index (χ3n) is 6.31. The van der Waals surface area contributed by atoms with Crippen LogP contribution in [-0.4, -0.2) is 29.6 Å². The average molecular weight is 559 g/mol. The number of methoxy groups -OCH3 is 1. The summed E-state index contributed by atoms with van der Waals surface area (Å²) in [6.07, 6.45) is 9.79.